The van der Waals surface area contributed by atoms with Crippen LogP contribution in [0.15, 0.2) is 36.5 Å². The maximum Gasteiger partial charge on any atom is 0.118 e. The van der Waals surface area contributed by atoms with Crippen molar-refractivity contribution in [3.05, 3.63) is 47.8 Å². The van der Waals surface area contributed by atoms with Crippen LogP contribution in [0.2, 0.25) is 0 Å². The molecule has 0 saturated carbocycles. The summed E-state index contributed by atoms with van der Waals surface area (Å²) in [6.45, 7) is 2.88. The number of hydrogen-bond donors (Lipinski definition) is 0. The third-order valence-electron chi connectivity index (χ3n) is 2.65. The van der Waals surface area contributed by atoms with Gasteiger partial charge >= 0.3 is 0 Å². The van der Waals surface area contributed by atoms with Crippen molar-refractivity contribution in [2.75, 3.05) is 7.11 Å². The van der Waals surface area contributed by atoms with E-state index in [0.29, 0.717) is 4.83 Å². The largest absolute Gasteiger partial charge is 0.497 e. The van der Waals surface area contributed by atoms with E-state index in [-0.39, 0.29) is 0 Å². The van der Waals surface area contributed by atoms with Gasteiger partial charge in [0.25, 0.3) is 0 Å². The highest BCUT2D eigenvalue weighted by molar-refractivity contribution is 9.09. The molecule has 0 bridgehead atoms. The first-order chi connectivity index (χ1) is 8.20. The van der Waals surface area contributed by atoms with Gasteiger partial charge in [-0.15, -0.1) is 0 Å². The average molecular weight is 295 g/mol. The van der Waals surface area contributed by atoms with Gasteiger partial charge in [0, 0.05) is 6.20 Å². The summed E-state index contributed by atoms with van der Waals surface area (Å²) < 4.78 is 7.14. The number of aromatic nitrogens is 2. The van der Waals surface area contributed by atoms with E-state index in [9.17, 15) is 0 Å². The van der Waals surface area contributed by atoms with Crippen LogP contribution in [0.1, 0.15) is 23.0 Å². The molecule has 90 valence electrons. The van der Waals surface area contributed by atoms with Crippen LogP contribution in [0.3, 0.4) is 0 Å². The first-order valence-corrected chi connectivity index (χ1v) is 6.41. The summed E-state index contributed by atoms with van der Waals surface area (Å²) in [6.07, 6.45) is 1.83. The van der Waals surface area contributed by atoms with E-state index >= 15 is 0 Å². The molecule has 0 spiro atoms. The second kappa shape index (κ2) is 5.36. The Morgan fingerprint density at radius 2 is 2.00 bits per heavy atom. The summed E-state index contributed by atoms with van der Waals surface area (Å²) >= 11 is 3.57. The van der Waals surface area contributed by atoms with Crippen molar-refractivity contribution in [2.45, 2.75) is 18.3 Å². The van der Waals surface area contributed by atoms with Crippen molar-refractivity contribution >= 4 is 15.9 Å². The van der Waals surface area contributed by atoms with E-state index in [1.807, 2.05) is 29.1 Å². The van der Waals surface area contributed by atoms with Gasteiger partial charge in [-0.3, -0.25) is 4.68 Å². The van der Waals surface area contributed by atoms with Gasteiger partial charge in [-0.05, 0) is 30.7 Å². The Bertz CT molecular complexity index is 476. The van der Waals surface area contributed by atoms with E-state index < -0.39 is 0 Å². The van der Waals surface area contributed by atoms with Gasteiger partial charge < -0.3 is 4.74 Å². The van der Waals surface area contributed by atoms with Crippen molar-refractivity contribution < 1.29 is 4.74 Å². The number of rotatable bonds is 4. The second-order valence-corrected chi connectivity index (χ2v) is 5.25. The molecular formula is C13H15BrN2O. The van der Waals surface area contributed by atoms with Crippen molar-refractivity contribution in [1.82, 2.24) is 9.78 Å². The topological polar surface area (TPSA) is 27.1 Å². The standard InChI is InChI=1S/C13H15BrN2O/c1-10(14)13-7-8-15-16(13)9-11-3-5-12(17-2)6-4-11/h3-8,10H,9H2,1-2H3. The fourth-order valence-corrected chi connectivity index (χ4v) is 2.11. The smallest absolute Gasteiger partial charge is 0.118 e. The van der Waals surface area contributed by atoms with E-state index in [1.54, 1.807) is 7.11 Å². The number of halogens is 1. The van der Waals surface area contributed by atoms with E-state index in [2.05, 4.69) is 40.1 Å². The molecular weight excluding hydrogens is 280 g/mol. The van der Waals surface area contributed by atoms with Crippen LogP contribution in [0.25, 0.3) is 0 Å². The van der Waals surface area contributed by atoms with Crippen molar-refractivity contribution in [3.63, 3.8) is 0 Å². The number of hydrogen-bond acceptors (Lipinski definition) is 2. The fraction of sp³-hybridized carbons (Fsp3) is 0.308. The summed E-state index contributed by atoms with van der Waals surface area (Å²) in [4.78, 5) is 0.309. The highest BCUT2D eigenvalue weighted by atomic mass is 79.9. The number of nitrogens with zero attached hydrogens (tertiary/aromatic N) is 2. The van der Waals surface area contributed by atoms with Gasteiger partial charge in [0.2, 0.25) is 0 Å². The van der Waals surface area contributed by atoms with Crippen LogP contribution in [-0.2, 0) is 6.54 Å². The van der Waals surface area contributed by atoms with Crippen LogP contribution in [-0.4, -0.2) is 16.9 Å². The Balaban J connectivity index is 2.16. The predicted octanol–water partition coefficient (Wildman–Crippen LogP) is 3.40. The molecule has 1 heterocycles. The maximum atomic E-state index is 5.14. The summed E-state index contributed by atoms with van der Waals surface area (Å²) in [7, 11) is 1.67. The monoisotopic (exact) mass is 294 g/mol. The molecule has 1 aromatic heterocycles. The first-order valence-electron chi connectivity index (χ1n) is 5.49. The molecule has 3 nitrogen and oxygen atoms in total. The van der Waals surface area contributed by atoms with Crippen LogP contribution in [0, 0.1) is 0 Å². The molecule has 0 amide bonds. The van der Waals surface area contributed by atoms with Gasteiger partial charge in [-0.25, -0.2) is 0 Å². The van der Waals surface area contributed by atoms with Crippen LogP contribution in [0.5, 0.6) is 5.75 Å². The quantitative estimate of drug-likeness (QED) is 0.808. The van der Waals surface area contributed by atoms with Crippen LogP contribution < -0.4 is 4.74 Å². The predicted molar refractivity (Wildman–Crippen MR) is 71.7 cm³/mol. The Morgan fingerprint density at radius 1 is 1.29 bits per heavy atom. The van der Waals surface area contributed by atoms with Crippen LogP contribution in [0.4, 0.5) is 0 Å². The summed E-state index contributed by atoms with van der Waals surface area (Å²) in [5, 5.41) is 4.33. The molecule has 17 heavy (non-hydrogen) atoms. The highest BCUT2D eigenvalue weighted by Gasteiger charge is 2.08. The zero-order chi connectivity index (χ0) is 12.3. The summed E-state index contributed by atoms with van der Waals surface area (Å²) in [5.74, 6) is 0.878. The summed E-state index contributed by atoms with van der Waals surface area (Å²) in [5.41, 5.74) is 2.39. The molecule has 0 aliphatic carbocycles. The molecule has 0 aliphatic heterocycles. The Kier molecular flexibility index (Phi) is 3.84. The molecule has 1 atom stereocenters. The first kappa shape index (κ1) is 12.2. The lowest BCUT2D eigenvalue weighted by atomic mass is 10.2. The third kappa shape index (κ3) is 2.88. The second-order valence-electron chi connectivity index (χ2n) is 3.88. The molecule has 1 unspecified atom stereocenters. The van der Waals surface area contributed by atoms with Gasteiger partial charge in [-0.1, -0.05) is 28.1 Å². The number of methoxy groups -OCH3 is 1. The molecule has 1 aromatic carbocycles. The zero-order valence-corrected chi connectivity index (χ0v) is 11.5. The molecule has 0 saturated heterocycles. The maximum absolute atomic E-state index is 5.14. The minimum atomic E-state index is 0.309. The molecule has 0 N–H and O–H groups in total. The highest BCUT2D eigenvalue weighted by Crippen LogP contribution is 2.22. The minimum absolute atomic E-state index is 0.309. The van der Waals surface area contributed by atoms with Crippen molar-refractivity contribution in [1.29, 1.82) is 0 Å². The third-order valence-corrected chi connectivity index (χ3v) is 3.12. The van der Waals surface area contributed by atoms with E-state index in [0.717, 1.165) is 12.3 Å². The lowest BCUT2D eigenvalue weighted by Gasteiger charge is -2.09. The minimum Gasteiger partial charge on any atom is -0.497 e. The van der Waals surface area contributed by atoms with Gasteiger partial charge in [0.1, 0.15) is 5.75 Å². The SMILES string of the molecule is COc1ccc(Cn2nccc2C(C)Br)cc1. The van der Waals surface area contributed by atoms with E-state index in [4.69, 9.17) is 4.74 Å². The molecule has 0 fully saturated rings. The molecule has 2 aromatic rings. The fourth-order valence-electron chi connectivity index (χ4n) is 1.72. The zero-order valence-electron chi connectivity index (χ0n) is 9.93. The van der Waals surface area contributed by atoms with Crippen molar-refractivity contribution in [2.24, 2.45) is 0 Å². The number of benzene rings is 1. The van der Waals surface area contributed by atoms with Gasteiger partial charge in [-0.2, -0.15) is 5.10 Å². The Labute approximate surface area is 110 Å². The molecule has 4 heteroatoms. The Hall–Kier alpha value is -1.29. The normalized spacial score (nSPS) is 12.4. The molecule has 2 rings (SSSR count). The lowest BCUT2D eigenvalue weighted by molar-refractivity contribution is 0.414. The van der Waals surface area contributed by atoms with Gasteiger partial charge in [0.05, 0.1) is 24.2 Å². The Morgan fingerprint density at radius 3 is 2.59 bits per heavy atom. The molecule has 0 radical (unpaired) electrons. The summed E-state index contributed by atoms with van der Waals surface area (Å²) in [6, 6.07) is 10.1. The molecule has 0 aliphatic rings. The van der Waals surface area contributed by atoms with Crippen molar-refractivity contribution in [3.8, 4) is 5.75 Å². The van der Waals surface area contributed by atoms with E-state index in [1.165, 1.54) is 11.3 Å². The number of alkyl halides is 1. The number of ether oxygens (including phenoxy) is 1. The average Bonchev–Trinajstić information content (AvgIpc) is 2.78. The lowest BCUT2D eigenvalue weighted by Crippen LogP contribution is -2.06. The van der Waals surface area contributed by atoms with Crippen LogP contribution >= 0.6 is 15.9 Å². The van der Waals surface area contributed by atoms with Gasteiger partial charge in [0.15, 0.2) is 0 Å².